The highest BCUT2D eigenvalue weighted by Gasteiger charge is 2.30. The van der Waals surface area contributed by atoms with Crippen LogP contribution < -0.4 is 10.2 Å². The first-order chi connectivity index (χ1) is 14.0. The predicted octanol–water partition coefficient (Wildman–Crippen LogP) is 2.27. The summed E-state index contributed by atoms with van der Waals surface area (Å²) in [5, 5.41) is 11.5. The third-order valence-electron chi connectivity index (χ3n) is 4.62. The molecule has 29 heavy (non-hydrogen) atoms. The Morgan fingerprint density at radius 2 is 1.62 bits per heavy atom. The molecule has 4 rings (SSSR count). The van der Waals surface area contributed by atoms with Crippen molar-refractivity contribution in [1.82, 2.24) is 19.5 Å². The zero-order chi connectivity index (χ0) is 20.3. The monoisotopic (exact) mass is 414 g/mol. The molecule has 0 bridgehead atoms. The lowest BCUT2D eigenvalue weighted by molar-refractivity contribution is 0.381. The molecule has 0 saturated carbocycles. The molecule has 0 aliphatic carbocycles. The summed E-state index contributed by atoms with van der Waals surface area (Å²) in [6, 6.07) is 12.7. The van der Waals surface area contributed by atoms with Crippen molar-refractivity contribution < 1.29 is 12.8 Å². The minimum Gasteiger partial charge on any atom is -0.352 e. The van der Waals surface area contributed by atoms with Crippen molar-refractivity contribution in [1.29, 1.82) is 0 Å². The molecule has 3 aromatic rings. The van der Waals surface area contributed by atoms with E-state index in [4.69, 9.17) is 0 Å². The van der Waals surface area contributed by atoms with E-state index in [1.54, 1.807) is 12.4 Å². The van der Waals surface area contributed by atoms with Crippen LogP contribution in [0.4, 0.5) is 21.7 Å². The Kier molecular flexibility index (Phi) is 5.36. The number of anilines is 3. The van der Waals surface area contributed by atoms with Gasteiger partial charge < -0.3 is 10.2 Å². The Morgan fingerprint density at radius 3 is 2.28 bits per heavy atom. The smallest absolute Gasteiger partial charge is 0.246 e. The van der Waals surface area contributed by atoms with E-state index in [0.717, 1.165) is 11.8 Å². The van der Waals surface area contributed by atoms with Crippen LogP contribution >= 0.6 is 0 Å². The van der Waals surface area contributed by atoms with Gasteiger partial charge in [0.2, 0.25) is 10.0 Å². The molecule has 10 heteroatoms. The largest absolute Gasteiger partial charge is 0.352 e. The van der Waals surface area contributed by atoms with Gasteiger partial charge in [0.1, 0.15) is 10.7 Å². The lowest BCUT2D eigenvalue weighted by Gasteiger charge is -2.34. The van der Waals surface area contributed by atoms with Crippen LogP contribution in [0.25, 0.3) is 0 Å². The van der Waals surface area contributed by atoms with E-state index >= 15 is 0 Å². The van der Waals surface area contributed by atoms with E-state index in [-0.39, 0.29) is 18.0 Å². The van der Waals surface area contributed by atoms with Gasteiger partial charge in [-0.2, -0.15) is 4.31 Å². The van der Waals surface area contributed by atoms with Gasteiger partial charge in [-0.3, -0.25) is 4.98 Å². The fourth-order valence-electron chi connectivity index (χ4n) is 3.09. The molecule has 150 valence electrons. The molecule has 3 heterocycles. The lowest BCUT2D eigenvalue weighted by atomic mass is 10.3. The third kappa shape index (κ3) is 4.17. The van der Waals surface area contributed by atoms with Crippen molar-refractivity contribution in [3.63, 3.8) is 0 Å². The highest BCUT2D eigenvalue weighted by atomic mass is 32.2. The van der Waals surface area contributed by atoms with E-state index in [2.05, 4.69) is 20.5 Å². The molecular formula is C19H19FN6O2S. The summed E-state index contributed by atoms with van der Waals surface area (Å²) in [5.41, 5.74) is 0.856. The molecule has 0 radical (unpaired) electrons. The molecule has 1 aromatic carbocycles. The molecule has 0 unspecified atom stereocenters. The molecule has 1 aliphatic heterocycles. The number of sulfonamides is 1. The van der Waals surface area contributed by atoms with E-state index in [1.807, 2.05) is 29.2 Å². The molecule has 1 aliphatic rings. The topological polar surface area (TPSA) is 91.3 Å². The Bertz CT molecular complexity index is 1070. The number of nitrogens with zero attached hydrogens (tertiary/aromatic N) is 5. The highest BCUT2D eigenvalue weighted by Crippen LogP contribution is 2.22. The lowest BCUT2D eigenvalue weighted by Crippen LogP contribution is -2.49. The summed E-state index contributed by atoms with van der Waals surface area (Å²) in [4.78, 5) is 5.62. The zero-order valence-electron chi connectivity index (χ0n) is 15.4. The standard InChI is InChI=1S/C19H19FN6O2S/c20-16-3-1-2-4-17(16)29(27,28)26-13-11-25(12-14-26)19-6-5-18(23-24-19)22-15-7-9-21-10-8-15/h1-10H,11-14H2,(H,21,22,23). The number of hydrogen-bond donors (Lipinski definition) is 1. The van der Waals surface area contributed by atoms with Crippen LogP contribution in [0.15, 0.2) is 65.8 Å². The number of nitrogens with one attached hydrogen (secondary N) is 1. The second-order valence-electron chi connectivity index (χ2n) is 6.46. The Balaban J connectivity index is 1.40. The number of pyridine rings is 1. The minimum atomic E-state index is -3.86. The van der Waals surface area contributed by atoms with Crippen LogP contribution in [0.2, 0.25) is 0 Å². The fourth-order valence-corrected chi connectivity index (χ4v) is 4.58. The van der Waals surface area contributed by atoms with Crippen LogP contribution in [0.3, 0.4) is 0 Å². The van der Waals surface area contributed by atoms with Gasteiger partial charge in [-0.1, -0.05) is 12.1 Å². The molecule has 1 N–H and O–H groups in total. The first-order valence-corrected chi connectivity index (χ1v) is 10.5. The average Bonchev–Trinajstić information content (AvgIpc) is 2.75. The summed E-state index contributed by atoms with van der Waals surface area (Å²) in [6.07, 6.45) is 3.36. The molecule has 0 atom stereocenters. The molecule has 2 aromatic heterocycles. The van der Waals surface area contributed by atoms with Gasteiger partial charge in [-0.25, -0.2) is 12.8 Å². The average molecular weight is 414 g/mol. The predicted molar refractivity (Wildman–Crippen MR) is 107 cm³/mol. The van der Waals surface area contributed by atoms with Crippen LogP contribution in [0.1, 0.15) is 0 Å². The van der Waals surface area contributed by atoms with Crippen LogP contribution in [0.5, 0.6) is 0 Å². The minimum absolute atomic E-state index is 0.245. The van der Waals surface area contributed by atoms with Crippen molar-refractivity contribution in [2.45, 2.75) is 4.90 Å². The molecular weight excluding hydrogens is 395 g/mol. The maximum Gasteiger partial charge on any atom is 0.246 e. The van der Waals surface area contributed by atoms with Crippen molar-refractivity contribution in [2.24, 2.45) is 0 Å². The normalized spacial score (nSPS) is 15.3. The Hall–Kier alpha value is -3.11. The van der Waals surface area contributed by atoms with Gasteiger partial charge in [-0.15, -0.1) is 10.2 Å². The SMILES string of the molecule is O=S(=O)(c1ccccc1F)N1CCN(c2ccc(Nc3ccncc3)nn2)CC1. The second-order valence-corrected chi connectivity index (χ2v) is 8.37. The first kappa shape index (κ1) is 19.2. The zero-order valence-corrected chi connectivity index (χ0v) is 16.3. The third-order valence-corrected chi connectivity index (χ3v) is 6.55. The van der Waals surface area contributed by atoms with E-state index in [9.17, 15) is 12.8 Å². The maximum atomic E-state index is 13.9. The van der Waals surface area contributed by atoms with Gasteiger partial charge in [0.25, 0.3) is 0 Å². The van der Waals surface area contributed by atoms with Crippen LogP contribution in [-0.4, -0.2) is 54.1 Å². The number of piperazine rings is 1. The first-order valence-electron chi connectivity index (χ1n) is 9.04. The van der Waals surface area contributed by atoms with Gasteiger partial charge in [0, 0.05) is 44.3 Å². The summed E-state index contributed by atoms with van der Waals surface area (Å²) in [5.74, 6) is 0.520. The summed E-state index contributed by atoms with van der Waals surface area (Å²) in [6.45, 7) is 1.38. The summed E-state index contributed by atoms with van der Waals surface area (Å²) in [7, 11) is -3.86. The number of aromatic nitrogens is 3. The Labute approximate surface area is 168 Å². The maximum absolute atomic E-state index is 13.9. The Morgan fingerprint density at radius 1 is 0.897 bits per heavy atom. The van der Waals surface area contributed by atoms with Crippen molar-refractivity contribution in [2.75, 3.05) is 36.4 Å². The van der Waals surface area contributed by atoms with Crippen molar-refractivity contribution in [3.8, 4) is 0 Å². The number of benzene rings is 1. The van der Waals surface area contributed by atoms with Crippen molar-refractivity contribution in [3.05, 3.63) is 66.7 Å². The quantitative estimate of drug-likeness (QED) is 0.685. The van der Waals surface area contributed by atoms with Gasteiger partial charge in [-0.05, 0) is 36.4 Å². The molecule has 0 amide bonds. The molecule has 8 nitrogen and oxygen atoms in total. The highest BCUT2D eigenvalue weighted by molar-refractivity contribution is 7.89. The van der Waals surface area contributed by atoms with E-state index in [0.29, 0.717) is 24.7 Å². The summed E-state index contributed by atoms with van der Waals surface area (Å²) >= 11 is 0. The van der Waals surface area contributed by atoms with Crippen molar-refractivity contribution >= 4 is 27.3 Å². The van der Waals surface area contributed by atoms with Crippen LogP contribution in [0, 0.1) is 5.82 Å². The number of hydrogen-bond acceptors (Lipinski definition) is 7. The van der Waals surface area contributed by atoms with Gasteiger partial charge in [0.05, 0.1) is 0 Å². The summed E-state index contributed by atoms with van der Waals surface area (Å²) < 4.78 is 40.6. The van der Waals surface area contributed by atoms with E-state index < -0.39 is 15.8 Å². The molecule has 1 fully saturated rings. The van der Waals surface area contributed by atoms with Gasteiger partial charge in [0.15, 0.2) is 11.6 Å². The number of rotatable bonds is 5. The van der Waals surface area contributed by atoms with Gasteiger partial charge >= 0.3 is 0 Å². The molecule has 0 spiro atoms. The second kappa shape index (κ2) is 8.10. The van der Waals surface area contributed by atoms with Crippen LogP contribution in [-0.2, 0) is 10.0 Å². The number of halogens is 1. The van der Waals surface area contributed by atoms with E-state index in [1.165, 1.54) is 22.5 Å². The molecule has 1 saturated heterocycles. The fraction of sp³-hybridized carbons (Fsp3) is 0.211.